The van der Waals surface area contributed by atoms with Gasteiger partial charge in [0.2, 0.25) is 0 Å². The molecule has 0 spiro atoms. The van der Waals surface area contributed by atoms with Crippen molar-refractivity contribution in [1.29, 1.82) is 0 Å². The van der Waals surface area contributed by atoms with E-state index in [2.05, 4.69) is 25.9 Å². The lowest BCUT2D eigenvalue weighted by atomic mass is 10.5. The molecule has 0 bridgehead atoms. The number of rotatable bonds is 1. The maximum atomic E-state index is 10.2. The molecule has 0 radical (unpaired) electrons. The molecule has 1 aromatic rings. The summed E-state index contributed by atoms with van der Waals surface area (Å²) in [5.41, 5.74) is -0.178. The van der Waals surface area contributed by atoms with Crippen molar-refractivity contribution in [3.8, 4) is 0 Å². The Morgan fingerprint density at radius 1 is 1.50 bits per heavy atom. The maximum Gasteiger partial charge on any atom is 0.133 e. The van der Waals surface area contributed by atoms with Crippen molar-refractivity contribution in [2.45, 2.75) is 0 Å². The molecule has 4 nitrogen and oxygen atoms in total. The SMILES string of the molecule is O=C([O-])c1nccnc1Br. The smallest absolute Gasteiger partial charge is 0.133 e. The molecule has 0 aromatic carbocycles. The van der Waals surface area contributed by atoms with Crippen LogP contribution in [0.3, 0.4) is 0 Å². The van der Waals surface area contributed by atoms with Gasteiger partial charge in [0, 0.05) is 12.4 Å². The van der Waals surface area contributed by atoms with Gasteiger partial charge in [-0.05, 0) is 15.9 Å². The van der Waals surface area contributed by atoms with Gasteiger partial charge in [-0.1, -0.05) is 0 Å². The van der Waals surface area contributed by atoms with Crippen LogP contribution in [0.2, 0.25) is 0 Å². The number of hydrogen-bond donors (Lipinski definition) is 0. The van der Waals surface area contributed by atoms with Crippen LogP contribution in [-0.4, -0.2) is 15.9 Å². The number of carboxylic acid groups (broad SMARTS) is 1. The van der Waals surface area contributed by atoms with E-state index in [0.717, 1.165) is 0 Å². The van der Waals surface area contributed by atoms with E-state index in [9.17, 15) is 9.90 Å². The second kappa shape index (κ2) is 2.74. The fourth-order valence-electron chi connectivity index (χ4n) is 0.458. The van der Waals surface area contributed by atoms with E-state index in [1.807, 2.05) is 0 Å². The van der Waals surface area contributed by atoms with Gasteiger partial charge in [-0.25, -0.2) is 4.98 Å². The van der Waals surface area contributed by atoms with E-state index in [-0.39, 0.29) is 10.3 Å². The molecule has 0 N–H and O–H groups in total. The van der Waals surface area contributed by atoms with E-state index >= 15 is 0 Å². The monoisotopic (exact) mass is 201 g/mol. The summed E-state index contributed by atoms with van der Waals surface area (Å²) in [7, 11) is 0. The largest absolute Gasteiger partial charge is 0.543 e. The number of carbonyl (C=O) groups is 1. The molecule has 52 valence electrons. The van der Waals surface area contributed by atoms with Gasteiger partial charge >= 0.3 is 0 Å². The number of halogens is 1. The van der Waals surface area contributed by atoms with Gasteiger partial charge in [-0.3, -0.25) is 4.98 Å². The van der Waals surface area contributed by atoms with Crippen molar-refractivity contribution < 1.29 is 9.90 Å². The Hall–Kier alpha value is -0.970. The van der Waals surface area contributed by atoms with E-state index in [0.29, 0.717) is 0 Å². The summed E-state index contributed by atoms with van der Waals surface area (Å²) in [6, 6.07) is 0. The van der Waals surface area contributed by atoms with Crippen molar-refractivity contribution in [3.63, 3.8) is 0 Å². The Labute approximate surface area is 65.1 Å². The van der Waals surface area contributed by atoms with Gasteiger partial charge in [0.25, 0.3) is 0 Å². The second-order valence-electron chi connectivity index (χ2n) is 1.48. The predicted molar refractivity (Wildman–Crippen MR) is 34.1 cm³/mol. The molecule has 0 aliphatic heterocycles. The molecule has 0 unspecified atom stereocenters. The van der Waals surface area contributed by atoms with Crippen LogP contribution in [0.25, 0.3) is 0 Å². The van der Waals surface area contributed by atoms with Crippen LogP contribution in [0.4, 0.5) is 0 Å². The molecule has 0 fully saturated rings. The number of carbonyl (C=O) groups excluding carboxylic acids is 1. The normalized spacial score (nSPS) is 9.30. The van der Waals surface area contributed by atoms with Crippen LogP contribution in [0.5, 0.6) is 0 Å². The first-order valence-electron chi connectivity index (χ1n) is 2.39. The molecule has 5 heteroatoms. The zero-order valence-corrected chi connectivity index (χ0v) is 6.33. The molecule has 1 rings (SSSR count). The molecule has 0 amide bonds. The highest BCUT2D eigenvalue weighted by molar-refractivity contribution is 9.10. The van der Waals surface area contributed by atoms with Crippen molar-refractivity contribution in [2.75, 3.05) is 0 Å². The van der Waals surface area contributed by atoms with Crippen molar-refractivity contribution >= 4 is 21.9 Å². The third kappa shape index (κ3) is 1.30. The Morgan fingerprint density at radius 3 is 2.50 bits per heavy atom. The Kier molecular flexibility index (Phi) is 1.96. The predicted octanol–water partition coefficient (Wildman–Crippen LogP) is -0.397. The molecule has 0 atom stereocenters. The summed E-state index contributed by atoms with van der Waals surface area (Å²) in [5, 5.41) is 10.2. The highest BCUT2D eigenvalue weighted by Crippen LogP contribution is 2.07. The third-order valence-corrected chi connectivity index (χ3v) is 1.43. The molecule has 0 aliphatic carbocycles. The fourth-order valence-corrected chi connectivity index (χ4v) is 0.840. The quantitative estimate of drug-likeness (QED) is 0.621. The third-order valence-electron chi connectivity index (χ3n) is 0.847. The van der Waals surface area contributed by atoms with Crippen molar-refractivity contribution in [3.05, 3.63) is 22.7 Å². The molecule has 0 saturated carbocycles. The van der Waals surface area contributed by atoms with Gasteiger partial charge in [0.05, 0.1) is 5.97 Å². The molecule has 10 heavy (non-hydrogen) atoms. The zero-order chi connectivity index (χ0) is 7.56. The van der Waals surface area contributed by atoms with Gasteiger partial charge < -0.3 is 9.90 Å². The molecular weight excluding hydrogens is 200 g/mol. The lowest BCUT2D eigenvalue weighted by Gasteiger charge is -2.00. The molecule has 1 aromatic heterocycles. The number of aromatic nitrogens is 2. The number of aromatic carboxylic acids is 1. The summed E-state index contributed by atoms with van der Waals surface area (Å²) in [6.07, 6.45) is 2.67. The first kappa shape index (κ1) is 7.14. The highest BCUT2D eigenvalue weighted by atomic mass is 79.9. The second-order valence-corrected chi connectivity index (χ2v) is 2.23. The summed E-state index contributed by atoms with van der Waals surface area (Å²) in [5.74, 6) is -1.33. The van der Waals surface area contributed by atoms with Gasteiger partial charge in [-0.2, -0.15) is 0 Å². The van der Waals surface area contributed by atoms with E-state index in [1.165, 1.54) is 12.4 Å². The van der Waals surface area contributed by atoms with E-state index < -0.39 is 5.97 Å². The van der Waals surface area contributed by atoms with Crippen LogP contribution in [0, 0.1) is 0 Å². The fraction of sp³-hybridized carbons (Fsp3) is 0. The van der Waals surface area contributed by atoms with Gasteiger partial charge in [-0.15, -0.1) is 0 Å². The summed E-state index contributed by atoms with van der Waals surface area (Å²) in [6.45, 7) is 0. The summed E-state index contributed by atoms with van der Waals surface area (Å²) < 4.78 is 0.190. The standard InChI is InChI=1S/C5H3BrN2O2/c6-4-3(5(9)10)7-1-2-8-4/h1-2H,(H,9,10)/p-1. The van der Waals surface area contributed by atoms with E-state index in [1.54, 1.807) is 0 Å². The first-order valence-corrected chi connectivity index (χ1v) is 3.19. The van der Waals surface area contributed by atoms with Gasteiger partial charge in [0.1, 0.15) is 10.3 Å². The number of carboxylic acids is 1. The number of hydrogen-bond acceptors (Lipinski definition) is 4. The van der Waals surface area contributed by atoms with Gasteiger partial charge in [0.15, 0.2) is 0 Å². The van der Waals surface area contributed by atoms with Crippen LogP contribution in [-0.2, 0) is 0 Å². The maximum absolute atomic E-state index is 10.2. The topological polar surface area (TPSA) is 65.9 Å². The minimum Gasteiger partial charge on any atom is -0.543 e. The van der Waals surface area contributed by atoms with Crippen LogP contribution < -0.4 is 5.11 Å². The first-order chi connectivity index (χ1) is 4.72. The Morgan fingerprint density at radius 2 is 2.10 bits per heavy atom. The number of nitrogens with zero attached hydrogens (tertiary/aromatic N) is 2. The molecular formula is C5H2BrN2O2-. The lowest BCUT2D eigenvalue weighted by molar-refractivity contribution is -0.255. The highest BCUT2D eigenvalue weighted by Gasteiger charge is 1.99. The Balaban J connectivity index is 3.15. The summed E-state index contributed by atoms with van der Waals surface area (Å²) >= 11 is 2.90. The average Bonchev–Trinajstić information content (AvgIpc) is 1.88. The lowest BCUT2D eigenvalue weighted by Crippen LogP contribution is -2.24. The minimum atomic E-state index is -1.33. The average molecular weight is 202 g/mol. The van der Waals surface area contributed by atoms with E-state index in [4.69, 9.17) is 0 Å². The van der Waals surface area contributed by atoms with Crippen LogP contribution >= 0.6 is 15.9 Å². The molecule has 1 heterocycles. The minimum absolute atomic E-state index is 0.178. The van der Waals surface area contributed by atoms with Crippen molar-refractivity contribution in [2.24, 2.45) is 0 Å². The summed E-state index contributed by atoms with van der Waals surface area (Å²) in [4.78, 5) is 17.3. The van der Waals surface area contributed by atoms with Crippen molar-refractivity contribution in [1.82, 2.24) is 9.97 Å². The van der Waals surface area contributed by atoms with Crippen LogP contribution in [0.15, 0.2) is 17.0 Å². The zero-order valence-electron chi connectivity index (χ0n) is 4.74. The molecule has 0 aliphatic rings. The molecule has 0 saturated heterocycles. The Bertz CT molecular complexity index is 264. The van der Waals surface area contributed by atoms with Crippen LogP contribution in [0.1, 0.15) is 10.5 Å².